The lowest BCUT2D eigenvalue weighted by Gasteiger charge is -2.30. The van der Waals surface area contributed by atoms with Crippen molar-refractivity contribution in [1.29, 1.82) is 0 Å². The summed E-state index contributed by atoms with van der Waals surface area (Å²) in [6.07, 6.45) is 5.27. The van der Waals surface area contributed by atoms with Crippen molar-refractivity contribution >= 4 is 35.4 Å². The molecular weight excluding hydrogens is 288 g/mol. The van der Waals surface area contributed by atoms with E-state index < -0.39 is 5.92 Å². The number of hydrogen-bond donors (Lipinski definition) is 1. The standard InChI is InChI=1S/C14H22N4O2S/c1-2-18-13(20)11(12(19)16-14(18)21)10-15-6-9-17-7-4-3-5-8-17/h10-11H,2-9H2,1H3,(H,16,19,21)/t11-/m0/s1. The molecule has 21 heavy (non-hydrogen) atoms. The number of thiocarbonyl (C=S) groups is 1. The quantitative estimate of drug-likeness (QED) is 0.454. The lowest BCUT2D eigenvalue weighted by atomic mass is 10.1. The number of nitrogens with zero attached hydrogens (tertiary/aromatic N) is 3. The molecule has 2 heterocycles. The minimum Gasteiger partial charge on any atom is -0.302 e. The molecule has 0 aromatic rings. The van der Waals surface area contributed by atoms with Gasteiger partial charge in [-0.15, -0.1) is 0 Å². The Morgan fingerprint density at radius 3 is 2.71 bits per heavy atom. The highest BCUT2D eigenvalue weighted by Crippen LogP contribution is 2.10. The summed E-state index contributed by atoms with van der Waals surface area (Å²) in [5.74, 6) is -1.51. The predicted molar refractivity (Wildman–Crippen MR) is 85.3 cm³/mol. The summed E-state index contributed by atoms with van der Waals surface area (Å²) in [4.78, 5) is 32.0. The topological polar surface area (TPSA) is 65.0 Å². The first-order valence-electron chi connectivity index (χ1n) is 7.52. The Kier molecular flexibility index (Phi) is 5.81. The minimum atomic E-state index is -0.849. The van der Waals surface area contributed by atoms with Gasteiger partial charge in [-0.1, -0.05) is 6.42 Å². The summed E-state index contributed by atoms with van der Waals surface area (Å²) in [7, 11) is 0. The largest absolute Gasteiger partial charge is 0.302 e. The van der Waals surface area contributed by atoms with Crippen LogP contribution >= 0.6 is 12.2 Å². The van der Waals surface area contributed by atoms with E-state index in [4.69, 9.17) is 12.2 Å². The summed E-state index contributed by atoms with van der Waals surface area (Å²) in [6.45, 7) is 6.03. The Morgan fingerprint density at radius 1 is 1.33 bits per heavy atom. The first kappa shape index (κ1) is 16.0. The van der Waals surface area contributed by atoms with Gasteiger partial charge >= 0.3 is 0 Å². The van der Waals surface area contributed by atoms with Crippen LogP contribution in [0, 0.1) is 5.92 Å². The van der Waals surface area contributed by atoms with Gasteiger partial charge in [0.1, 0.15) is 0 Å². The van der Waals surface area contributed by atoms with Crippen LogP contribution in [0.25, 0.3) is 0 Å². The zero-order valence-corrected chi connectivity index (χ0v) is 13.2. The Hall–Kier alpha value is -1.34. The highest BCUT2D eigenvalue weighted by Gasteiger charge is 2.36. The fourth-order valence-electron chi connectivity index (χ4n) is 2.62. The summed E-state index contributed by atoms with van der Waals surface area (Å²) in [5, 5.41) is 2.73. The smallest absolute Gasteiger partial charge is 0.246 e. The average Bonchev–Trinajstić information content (AvgIpc) is 2.47. The second-order valence-electron chi connectivity index (χ2n) is 5.31. The van der Waals surface area contributed by atoms with E-state index in [9.17, 15) is 9.59 Å². The molecule has 1 N–H and O–H groups in total. The average molecular weight is 310 g/mol. The highest BCUT2D eigenvalue weighted by atomic mass is 32.1. The van der Waals surface area contributed by atoms with Crippen molar-refractivity contribution in [1.82, 2.24) is 15.1 Å². The SMILES string of the molecule is CCN1C(=O)[C@@H](C=NCCN2CCCCC2)C(=O)NC1=S. The molecule has 7 heteroatoms. The molecule has 0 aromatic heterocycles. The van der Waals surface area contributed by atoms with Crippen molar-refractivity contribution in [2.75, 3.05) is 32.7 Å². The molecule has 0 bridgehead atoms. The number of piperidine rings is 1. The van der Waals surface area contributed by atoms with Gasteiger partial charge < -0.3 is 10.2 Å². The fourth-order valence-corrected chi connectivity index (χ4v) is 2.94. The van der Waals surface area contributed by atoms with Crippen LogP contribution in [-0.4, -0.2) is 65.7 Å². The predicted octanol–water partition coefficient (Wildman–Crippen LogP) is 0.423. The molecule has 6 nitrogen and oxygen atoms in total. The van der Waals surface area contributed by atoms with Crippen LogP contribution in [0.15, 0.2) is 4.99 Å². The number of likely N-dealkylation sites (tertiary alicyclic amines) is 1. The molecule has 2 aliphatic heterocycles. The van der Waals surface area contributed by atoms with Gasteiger partial charge in [-0.3, -0.25) is 19.5 Å². The zero-order chi connectivity index (χ0) is 15.2. The van der Waals surface area contributed by atoms with Crippen LogP contribution in [0.5, 0.6) is 0 Å². The first-order valence-corrected chi connectivity index (χ1v) is 7.92. The monoisotopic (exact) mass is 310 g/mol. The van der Waals surface area contributed by atoms with Crippen molar-refractivity contribution in [2.24, 2.45) is 10.9 Å². The van der Waals surface area contributed by atoms with E-state index in [2.05, 4.69) is 15.2 Å². The van der Waals surface area contributed by atoms with Crippen LogP contribution in [0.2, 0.25) is 0 Å². The normalized spacial score (nSPS) is 24.7. The molecule has 0 aliphatic carbocycles. The van der Waals surface area contributed by atoms with E-state index in [1.54, 1.807) is 0 Å². The third kappa shape index (κ3) is 4.07. The zero-order valence-electron chi connectivity index (χ0n) is 12.4. The van der Waals surface area contributed by atoms with Gasteiger partial charge in [0.25, 0.3) is 0 Å². The molecular formula is C14H22N4O2S. The molecule has 0 spiro atoms. The Morgan fingerprint density at radius 2 is 2.05 bits per heavy atom. The molecule has 0 radical (unpaired) electrons. The summed E-state index contributed by atoms with van der Waals surface area (Å²) in [6, 6.07) is 0. The van der Waals surface area contributed by atoms with E-state index in [-0.39, 0.29) is 16.9 Å². The number of nitrogens with one attached hydrogen (secondary N) is 1. The van der Waals surface area contributed by atoms with Gasteiger partial charge in [-0.05, 0) is 45.1 Å². The van der Waals surface area contributed by atoms with Gasteiger partial charge in [-0.25, -0.2) is 0 Å². The number of carbonyl (C=O) groups excluding carboxylic acids is 2. The Bertz CT molecular complexity index is 446. The number of carbonyl (C=O) groups is 2. The Balaban J connectivity index is 1.85. The van der Waals surface area contributed by atoms with Crippen LogP contribution in [-0.2, 0) is 9.59 Å². The highest BCUT2D eigenvalue weighted by molar-refractivity contribution is 7.80. The molecule has 2 amide bonds. The summed E-state index contributed by atoms with van der Waals surface area (Å²) >= 11 is 4.98. The minimum absolute atomic E-state index is 0.186. The molecule has 2 saturated heterocycles. The van der Waals surface area contributed by atoms with Gasteiger partial charge in [0.15, 0.2) is 11.0 Å². The number of rotatable bonds is 5. The third-order valence-electron chi connectivity index (χ3n) is 3.85. The number of aliphatic imine (C=N–C) groups is 1. The van der Waals surface area contributed by atoms with E-state index in [0.717, 1.165) is 19.6 Å². The molecule has 0 saturated carbocycles. The van der Waals surface area contributed by atoms with Crippen molar-refractivity contribution in [3.8, 4) is 0 Å². The van der Waals surface area contributed by atoms with Crippen molar-refractivity contribution < 1.29 is 9.59 Å². The molecule has 0 unspecified atom stereocenters. The number of hydrogen-bond acceptors (Lipinski definition) is 5. The lowest BCUT2D eigenvalue weighted by molar-refractivity contribution is -0.137. The van der Waals surface area contributed by atoms with Gasteiger partial charge in [0, 0.05) is 19.3 Å². The van der Waals surface area contributed by atoms with Crippen molar-refractivity contribution in [3.05, 3.63) is 0 Å². The summed E-state index contributed by atoms with van der Waals surface area (Å²) in [5.41, 5.74) is 0. The molecule has 0 aromatic carbocycles. The maximum Gasteiger partial charge on any atom is 0.246 e. The van der Waals surface area contributed by atoms with Crippen LogP contribution < -0.4 is 5.32 Å². The molecule has 2 rings (SSSR count). The fraction of sp³-hybridized carbons (Fsp3) is 0.714. The van der Waals surface area contributed by atoms with E-state index >= 15 is 0 Å². The lowest BCUT2D eigenvalue weighted by Crippen LogP contribution is -2.58. The number of amides is 2. The molecule has 116 valence electrons. The van der Waals surface area contributed by atoms with Crippen molar-refractivity contribution in [3.63, 3.8) is 0 Å². The van der Waals surface area contributed by atoms with E-state index in [0.29, 0.717) is 13.1 Å². The van der Waals surface area contributed by atoms with Crippen LogP contribution in [0.4, 0.5) is 0 Å². The molecule has 2 aliphatic rings. The van der Waals surface area contributed by atoms with Crippen molar-refractivity contribution in [2.45, 2.75) is 26.2 Å². The first-order chi connectivity index (χ1) is 10.1. The van der Waals surface area contributed by atoms with Crippen LogP contribution in [0.1, 0.15) is 26.2 Å². The maximum atomic E-state index is 12.1. The molecule has 1 atom stereocenters. The maximum absolute atomic E-state index is 12.1. The third-order valence-corrected chi connectivity index (χ3v) is 4.18. The Labute approximate surface area is 130 Å². The summed E-state index contributed by atoms with van der Waals surface area (Å²) < 4.78 is 0. The van der Waals surface area contributed by atoms with Gasteiger partial charge in [0.2, 0.25) is 11.8 Å². The van der Waals surface area contributed by atoms with Crippen LogP contribution in [0.3, 0.4) is 0 Å². The van der Waals surface area contributed by atoms with Gasteiger partial charge in [0.05, 0.1) is 6.54 Å². The van der Waals surface area contributed by atoms with E-state index in [1.807, 2.05) is 6.92 Å². The van der Waals surface area contributed by atoms with E-state index in [1.165, 1.54) is 30.4 Å². The second-order valence-corrected chi connectivity index (χ2v) is 5.70. The molecule has 2 fully saturated rings. The van der Waals surface area contributed by atoms with Gasteiger partial charge in [-0.2, -0.15) is 0 Å². The second kappa shape index (κ2) is 7.61.